The maximum absolute atomic E-state index is 11.1. The molecule has 0 N–H and O–H groups in total. The van der Waals surface area contributed by atoms with Gasteiger partial charge in [0.15, 0.2) is 11.4 Å². The topological polar surface area (TPSA) is 42.4 Å². The molecule has 0 aromatic carbocycles. The Kier molecular flexibility index (Phi) is 4.35. The maximum atomic E-state index is 11.1. The maximum Gasteiger partial charge on any atom is 0.186 e. The summed E-state index contributed by atoms with van der Waals surface area (Å²) in [5.41, 5.74) is 0.765. The molecule has 0 amide bonds. The minimum Gasteiger partial charge on any atom is -0.378 e. The monoisotopic (exact) mass is 268 g/mol. The zero-order chi connectivity index (χ0) is 13.1. The Labute approximate surface area is 112 Å². The van der Waals surface area contributed by atoms with Crippen molar-refractivity contribution in [2.45, 2.75) is 51.8 Å². The lowest BCUT2D eigenvalue weighted by molar-refractivity contribution is 0.112. The van der Waals surface area contributed by atoms with Crippen molar-refractivity contribution in [2.75, 3.05) is 12.0 Å². The van der Waals surface area contributed by atoms with E-state index in [1.807, 2.05) is 0 Å². The van der Waals surface area contributed by atoms with Gasteiger partial charge in [0.05, 0.1) is 17.2 Å². The highest BCUT2D eigenvalue weighted by atomic mass is 32.1. The third-order valence-electron chi connectivity index (χ3n) is 3.58. The first-order valence-electron chi connectivity index (χ1n) is 6.43. The van der Waals surface area contributed by atoms with Crippen LogP contribution in [0, 0.1) is 0 Å². The van der Waals surface area contributed by atoms with E-state index in [9.17, 15) is 4.79 Å². The normalized spacial score (nSPS) is 23.6. The van der Waals surface area contributed by atoms with Crippen molar-refractivity contribution in [1.29, 1.82) is 0 Å². The summed E-state index contributed by atoms with van der Waals surface area (Å²) in [5, 5.41) is 0.973. The number of nitrogens with zero attached hydrogens (tertiary/aromatic N) is 2. The van der Waals surface area contributed by atoms with Gasteiger partial charge in [-0.3, -0.25) is 4.79 Å². The number of carbonyl (C=O) groups is 1. The molecule has 1 aromatic heterocycles. The fourth-order valence-corrected chi connectivity index (χ4v) is 3.67. The van der Waals surface area contributed by atoms with Gasteiger partial charge in [-0.25, -0.2) is 4.98 Å². The van der Waals surface area contributed by atoms with Crippen molar-refractivity contribution in [3.8, 4) is 0 Å². The van der Waals surface area contributed by atoms with Crippen molar-refractivity contribution < 1.29 is 9.53 Å². The van der Waals surface area contributed by atoms with E-state index in [0.717, 1.165) is 23.5 Å². The van der Waals surface area contributed by atoms with Crippen LogP contribution < -0.4 is 4.90 Å². The number of aromatic nitrogens is 1. The van der Waals surface area contributed by atoms with Crippen LogP contribution in [0.15, 0.2) is 0 Å². The Balaban J connectivity index is 2.29. The van der Waals surface area contributed by atoms with E-state index in [1.165, 1.54) is 24.2 Å². The fourth-order valence-electron chi connectivity index (χ4n) is 2.61. The van der Waals surface area contributed by atoms with Gasteiger partial charge in [0.25, 0.3) is 0 Å². The lowest BCUT2D eigenvalue weighted by atomic mass is 10.2. The second-order valence-corrected chi connectivity index (χ2v) is 5.76. The molecule has 1 saturated heterocycles. The van der Waals surface area contributed by atoms with Crippen LogP contribution in [-0.4, -0.2) is 30.5 Å². The second kappa shape index (κ2) is 5.80. The number of thiazole rings is 1. The first-order valence-corrected chi connectivity index (χ1v) is 7.25. The van der Waals surface area contributed by atoms with Crippen LogP contribution >= 0.6 is 11.3 Å². The fraction of sp³-hybridized carbons (Fsp3) is 0.692. The molecule has 0 spiro atoms. The van der Waals surface area contributed by atoms with E-state index in [1.54, 1.807) is 7.11 Å². The van der Waals surface area contributed by atoms with Crippen molar-refractivity contribution >= 4 is 22.8 Å². The van der Waals surface area contributed by atoms with Crippen molar-refractivity contribution in [3.05, 3.63) is 10.6 Å². The SMILES string of the molecule is CCC1CCC(C)N1c1nc(COC)c(C=O)s1. The molecule has 5 heteroatoms. The number of rotatable bonds is 5. The minimum atomic E-state index is 0.406. The molecule has 2 rings (SSSR count). The summed E-state index contributed by atoms with van der Waals surface area (Å²) in [6, 6.07) is 1.07. The van der Waals surface area contributed by atoms with Gasteiger partial charge < -0.3 is 9.64 Å². The summed E-state index contributed by atoms with van der Waals surface area (Å²) < 4.78 is 5.09. The molecular weight excluding hydrogens is 248 g/mol. The Morgan fingerprint density at radius 3 is 2.94 bits per heavy atom. The van der Waals surface area contributed by atoms with Gasteiger partial charge in [0.2, 0.25) is 0 Å². The Morgan fingerprint density at radius 1 is 1.56 bits per heavy atom. The summed E-state index contributed by atoms with van der Waals surface area (Å²) in [6.07, 6.45) is 4.43. The predicted molar refractivity (Wildman–Crippen MR) is 73.5 cm³/mol. The van der Waals surface area contributed by atoms with E-state index >= 15 is 0 Å². The number of ether oxygens (including phenoxy) is 1. The quantitative estimate of drug-likeness (QED) is 0.770. The molecular formula is C13H20N2O2S. The zero-order valence-corrected chi connectivity index (χ0v) is 12.0. The van der Waals surface area contributed by atoms with Gasteiger partial charge in [-0.05, 0) is 26.2 Å². The molecule has 0 bridgehead atoms. The molecule has 1 aliphatic rings. The van der Waals surface area contributed by atoms with E-state index < -0.39 is 0 Å². The lowest BCUT2D eigenvalue weighted by Gasteiger charge is -2.27. The highest BCUT2D eigenvalue weighted by molar-refractivity contribution is 7.17. The summed E-state index contributed by atoms with van der Waals surface area (Å²) in [5.74, 6) is 0. The zero-order valence-electron chi connectivity index (χ0n) is 11.2. The largest absolute Gasteiger partial charge is 0.378 e. The van der Waals surface area contributed by atoms with Gasteiger partial charge in [-0.2, -0.15) is 0 Å². The number of methoxy groups -OCH3 is 1. The van der Waals surface area contributed by atoms with E-state index in [-0.39, 0.29) is 0 Å². The van der Waals surface area contributed by atoms with Gasteiger partial charge in [0.1, 0.15) is 0 Å². The molecule has 0 aliphatic carbocycles. The highest BCUT2D eigenvalue weighted by Gasteiger charge is 2.32. The average Bonchev–Trinajstić information content (AvgIpc) is 2.92. The van der Waals surface area contributed by atoms with Crippen LogP contribution in [0.4, 0.5) is 5.13 Å². The number of hydrogen-bond acceptors (Lipinski definition) is 5. The second-order valence-electron chi connectivity index (χ2n) is 4.75. The van der Waals surface area contributed by atoms with Crippen LogP contribution in [0.5, 0.6) is 0 Å². The van der Waals surface area contributed by atoms with Gasteiger partial charge in [-0.1, -0.05) is 18.3 Å². The number of hydrogen-bond donors (Lipinski definition) is 0. The van der Waals surface area contributed by atoms with E-state index in [4.69, 9.17) is 4.74 Å². The first kappa shape index (κ1) is 13.5. The van der Waals surface area contributed by atoms with Crippen molar-refractivity contribution in [1.82, 2.24) is 4.98 Å². The minimum absolute atomic E-state index is 0.406. The van der Waals surface area contributed by atoms with Crippen molar-refractivity contribution in [2.24, 2.45) is 0 Å². The number of aldehydes is 1. The number of carbonyl (C=O) groups excluding carboxylic acids is 1. The summed E-state index contributed by atoms with van der Waals surface area (Å²) in [4.78, 5) is 18.7. The summed E-state index contributed by atoms with van der Waals surface area (Å²) >= 11 is 1.49. The average molecular weight is 268 g/mol. The molecule has 1 aliphatic heterocycles. The summed E-state index contributed by atoms with van der Waals surface area (Å²) in [7, 11) is 1.63. The molecule has 2 atom stereocenters. The van der Waals surface area contributed by atoms with Crippen LogP contribution in [0.1, 0.15) is 48.5 Å². The Bertz CT molecular complexity index is 419. The molecule has 1 fully saturated rings. The van der Waals surface area contributed by atoms with Crippen molar-refractivity contribution in [3.63, 3.8) is 0 Å². The third kappa shape index (κ3) is 2.42. The smallest absolute Gasteiger partial charge is 0.186 e. The van der Waals surface area contributed by atoms with Gasteiger partial charge >= 0.3 is 0 Å². The molecule has 18 heavy (non-hydrogen) atoms. The molecule has 0 saturated carbocycles. The predicted octanol–water partition coefficient (Wildman–Crippen LogP) is 2.87. The van der Waals surface area contributed by atoms with Crippen LogP contribution in [0.2, 0.25) is 0 Å². The van der Waals surface area contributed by atoms with Crippen LogP contribution in [0.25, 0.3) is 0 Å². The van der Waals surface area contributed by atoms with Crippen LogP contribution in [-0.2, 0) is 11.3 Å². The molecule has 2 unspecified atom stereocenters. The molecule has 0 radical (unpaired) electrons. The molecule has 2 heterocycles. The Morgan fingerprint density at radius 2 is 2.33 bits per heavy atom. The molecule has 100 valence electrons. The van der Waals surface area contributed by atoms with E-state index in [2.05, 4.69) is 23.7 Å². The Hall–Kier alpha value is -0.940. The molecule has 4 nitrogen and oxygen atoms in total. The summed E-state index contributed by atoms with van der Waals surface area (Å²) in [6.45, 7) is 4.84. The van der Waals surface area contributed by atoms with E-state index in [0.29, 0.717) is 23.6 Å². The number of anilines is 1. The molecule has 1 aromatic rings. The van der Waals surface area contributed by atoms with Gasteiger partial charge in [-0.15, -0.1) is 0 Å². The highest BCUT2D eigenvalue weighted by Crippen LogP contribution is 2.35. The lowest BCUT2D eigenvalue weighted by Crippen LogP contribution is -2.33. The third-order valence-corrected chi connectivity index (χ3v) is 4.62. The first-order chi connectivity index (χ1) is 8.71. The van der Waals surface area contributed by atoms with Gasteiger partial charge in [0, 0.05) is 19.2 Å². The standard InChI is InChI=1S/C13H20N2O2S/c1-4-10-6-5-9(2)15(10)13-14-11(8-17-3)12(7-16)18-13/h7,9-10H,4-6,8H2,1-3H3. The van der Waals surface area contributed by atoms with Crippen LogP contribution in [0.3, 0.4) is 0 Å².